The molecular formula is C17H30Na2O7S. The zero-order chi connectivity index (χ0) is 19.5. The van der Waals surface area contributed by atoms with E-state index in [9.17, 15) is 32.8 Å². The summed E-state index contributed by atoms with van der Waals surface area (Å²) in [6, 6.07) is 0. The van der Waals surface area contributed by atoms with Gasteiger partial charge in [-0.2, -0.15) is 8.42 Å². The molecule has 0 heterocycles. The monoisotopic (exact) mass is 424 g/mol. The van der Waals surface area contributed by atoms with Crippen LogP contribution in [0, 0.1) is 5.92 Å². The van der Waals surface area contributed by atoms with Crippen LogP contribution in [0.3, 0.4) is 0 Å². The van der Waals surface area contributed by atoms with E-state index in [4.69, 9.17) is 0 Å². The predicted molar refractivity (Wildman–Crippen MR) is 89.9 cm³/mol. The van der Waals surface area contributed by atoms with Gasteiger partial charge in [-0.3, -0.25) is 4.55 Å². The van der Waals surface area contributed by atoms with Crippen molar-refractivity contribution in [1.29, 1.82) is 0 Å². The summed E-state index contributed by atoms with van der Waals surface area (Å²) in [6.45, 7) is 3.80. The molecule has 0 aliphatic rings. The summed E-state index contributed by atoms with van der Waals surface area (Å²) in [5.41, 5.74) is 0. The zero-order valence-electron chi connectivity index (χ0n) is 17.2. The number of hydrogen-bond acceptors (Lipinski definition) is 6. The van der Waals surface area contributed by atoms with Crippen molar-refractivity contribution in [2.45, 2.75) is 89.2 Å². The minimum absolute atomic E-state index is 0. The molecule has 2 atom stereocenters. The average Bonchev–Trinajstić information content (AvgIpc) is 2.50. The molecule has 27 heavy (non-hydrogen) atoms. The Balaban J connectivity index is -0.00000288. The number of aliphatic carboxylic acids is 2. The third-order valence-electron chi connectivity index (χ3n) is 4.65. The van der Waals surface area contributed by atoms with Crippen LogP contribution >= 0.6 is 0 Å². The van der Waals surface area contributed by atoms with Gasteiger partial charge in [-0.25, -0.2) is 0 Å². The molecule has 0 rings (SSSR count). The Bertz CT molecular complexity index is 525. The van der Waals surface area contributed by atoms with E-state index in [1.807, 2.05) is 0 Å². The Morgan fingerprint density at radius 3 is 1.70 bits per heavy atom. The average molecular weight is 424 g/mol. The maximum atomic E-state index is 11.8. The molecule has 7 nitrogen and oxygen atoms in total. The number of carbonyl (C=O) groups excluding carboxylic acids is 2. The van der Waals surface area contributed by atoms with Gasteiger partial charge in [0.2, 0.25) is 0 Å². The van der Waals surface area contributed by atoms with E-state index in [1.54, 1.807) is 6.92 Å². The second kappa shape index (κ2) is 16.6. The summed E-state index contributed by atoms with van der Waals surface area (Å²) in [5, 5.41) is 23.1. The molecule has 0 aromatic rings. The van der Waals surface area contributed by atoms with E-state index < -0.39 is 39.1 Å². The van der Waals surface area contributed by atoms with E-state index in [1.165, 1.54) is 0 Å². The quantitative estimate of drug-likeness (QED) is 0.158. The Morgan fingerprint density at radius 2 is 1.33 bits per heavy atom. The first kappa shape index (κ1) is 32.5. The maximum absolute atomic E-state index is 11.8. The van der Waals surface area contributed by atoms with Crippen LogP contribution in [-0.2, 0) is 19.7 Å². The summed E-state index contributed by atoms with van der Waals surface area (Å²) in [4.78, 5) is 23.1. The first-order valence-corrected chi connectivity index (χ1v) is 10.5. The van der Waals surface area contributed by atoms with Crippen LogP contribution in [0.25, 0.3) is 0 Å². The molecule has 10 heteroatoms. The number of carboxylic acids is 2. The molecule has 0 aliphatic carbocycles. The van der Waals surface area contributed by atoms with Crippen molar-refractivity contribution in [3.63, 3.8) is 0 Å². The predicted octanol–water partition coefficient (Wildman–Crippen LogP) is -4.93. The number of carboxylic acid groups (broad SMARTS) is 2. The van der Waals surface area contributed by atoms with Crippen LogP contribution in [0.4, 0.5) is 0 Å². The summed E-state index contributed by atoms with van der Waals surface area (Å²) >= 11 is 0. The second-order valence-electron chi connectivity index (χ2n) is 6.54. The van der Waals surface area contributed by atoms with E-state index in [0.29, 0.717) is 19.3 Å². The third-order valence-corrected chi connectivity index (χ3v) is 6.23. The fourth-order valence-corrected chi connectivity index (χ4v) is 4.31. The van der Waals surface area contributed by atoms with Gasteiger partial charge in [-0.15, -0.1) is 0 Å². The van der Waals surface area contributed by atoms with Crippen molar-refractivity contribution in [3.05, 3.63) is 0 Å². The van der Waals surface area contributed by atoms with Crippen molar-refractivity contribution in [2.24, 2.45) is 5.92 Å². The molecule has 0 saturated heterocycles. The van der Waals surface area contributed by atoms with Gasteiger partial charge in [0.05, 0.1) is 5.97 Å². The van der Waals surface area contributed by atoms with Crippen LogP contribution in [0.15, 0.2) is 0 Å². The Labute approximate surface area is 207 Å². The van der Waals surface area contributed by atoms with Gasteiger partial charge in [-0.05, 0) is 12.8 Å². The van der Waals surface area contributed by atoms with Crippen LogP contribution in [-0.4, -0.2) is 29.7 Å². The van der Waals surface area contributed by atoms with Crippen molar-refractivity contribution in [1.82, 2.24) is 0 Å². The molecule has 0 saturated carbocycles. The van der Waals surface area contributed by atoms with Gasteiger partial charge in [0, 0.05) is 11.9 Å². The molecular weight excluding hydrogens is 394 g/mol. The summed E-state index contributed by atoms with van der Waals surface area (Å²) < 4.78 is 30.2. The van der Waals surface area contributed by atoms with Crippen LogP contribution in [0.1, 0.15) is 84.5 Å². The van der Waals surface area contributed by atoms with Gasteiger partial charge in [0.15, 0.2) is 0 Å². The normalized spacial score (nSPS) is 14.3. The van der Waals surface area contributed by atoms with E-state index in [-0.39, 0.29) is 72.0 Å². The van der Waals surface area contributed by atoms with Gasteiger partial charge in [0.25, 0.3) is 10.1 Å². The number of hydrogen-bond donors (Lipinski definition) is 1. The molecule has 1 N–H and O–H groups in total. The van der Waals surface area contributed by atoms with Crippen molar-refractivity contribution in [3.8, 4) is 0 Å². The maximum Gasteiger partial charge on any atom is 1.00 e. The van der Waals surface area contributed by atoms with Crippen molar-refractivity contribution < 1.29 is 91.9 Å². The fourth-order valence-electron chi connectivity index (χ4n) is 3.12. The van der Waals surface area contributed by atoms with Gasteiger partial charge >= 0.3 is 59.1 Å². The molecule has 0 aromatic heterocycles. The Kier molecular flexibility index (Phi) is 20.0. The van der Waals surface area contributed by atoms with Crippen LogP contribution in [0.2, 0.25) is 0 Å². The standard InChI is InChI=1S/C17H32O7S.2Na/c1-3-5-7-8-9-10-11-12-14(15(18)19)17(16(20)21,13-6-4-2)25(22,23)24;;/h14H,3-13H2,1-2H3,(H,18,19)(H,20,21)(H,22,23,24);;/q;2*+1/p-2. The topological polar surface area (TPSA) is 135 Å². The van der Waals surface area contributed by atoms with Crippen LogP contribution < -0.4 is 69.3 Å². The Hall–Kier alpha value is 0.850. The number of unbranched alkanes of at least 4 members (excludes halogenated alkanes) is 7. The Morgan fingerprint density at radius 1 is 0.889 bits per heavy atom. The third kappa shape index (κ3) is 10.4. The van der Waals surface area contributed by atoms with Gasteiger partial charge in [0.1, 0.15) is 4.75 Å². The molecule has 0 amide bonds. The number of carbonyl (C=O) groups is 2. The first-order chi connectivity index (χ1) is 11.6. The second-order valence-corrected chi connectivity index (χ2v) is 8.22. The molecule has 0 fully saturated rings. The molecule has 2 unspecified atom stereocenters. The zero-order valence-corrected chi connectivity index (χ0v) is 22.0. The molecule has 0 aliphatic heterocycles. The smallest absolute Gasteiger partial charge is 0.550 e. The van der Waals surface area contributed by atoms with Gasteiger partial charge in [-0.1, -0.05) is 71.6 Å². The minimum Gasteiger partial charge on any atom is -0.550 e. The SMILES string of the molecule is CCCCCCCCCC(C(=O)[O-])C(CCCC)(C(=O)[O-])S(=O)(=O)O.[Na+].[Na+]. The molecule has 0 radical (unpaired) electrons. The molecule has 0 aromatic carbocycles. The number of rotatable bonds is 15. The molecule has 0 bridgehead atoms. The van der Waals surface area contributed by atoms with E-state index >= 15 is 0 Å². The van der Waals surface area contributed by atoms with E-state index in [2.05, 4.69) is 6.92 Å². The fraction of sp³-hybridized carbons (Fsp3) is 0.882. The first-order valence-electron chi connectivity index (χ1n) is 9.04. The molecule has 148 valence electrons. The van der Waals surface area contributed by atoms with Crippen LogP contribution in [0.5, 0.6) is 0 Å². The summed E-state index contributed by atoms with van der Waals surface area (Å²) in [6.07, 6.45) is 6.04. The molecule has 0 spiro atoms. The van der Waals surface area contributed by atoms with Crippen molar-refractivity contribution in [2.75, 3.05) is 0 Å². The van der Waals surface area contributed by atoms with E-state index in [0.717, 1.165) is 32.1 Å². The summed E-state index contributed by atoms with van der Waals surface area (Å²) in [5.74, 6) is -5.71. The van der Waals surface area contributed by atoms with Gasteiger partial charge < -0.3 is 19.8 Å². The van der Waals surface area contributed by atoms with Crippen molar-refractivity contribution >= 4 is 22.1 Å². The summed E-state index contributed by atoms with van der Waals surface area (Å²) in [7, 11) is -5.18. The largest absolute Gasteiger partial charge is 1.00 e. The minimum atomic E-state index is -5.18.